The van der Waals surface area contributed by atoms with E-state index < -0.39 is 9.84 Å². The van der Waals surface area contributed by atoms with Crippen LogP contribution >= 0.6 is 27.5 Å². The number of nitrogens with zero attached hydrogens (tertiary/aromatic N) is 1. The van der Waals surface area contributed by atoms with Crippen LogP contribution in [0.1, 0.15) is 28.4 Å². The molecule has 2 aromatic rings. The third-order valence-electron chi connectivity index (χ3n) is 4.40. The van der Waals surface area contributed by atoms with Crippen molar-refractivity contribution >= 4 is 48.8 Å². The molecule has 0 N–H and O–H groups in total. The number of halogens is 2. The van der Waals surface area contributed by atoms with E-state index >= 15 is 0 Å². The van der Waals surface area contributed by atoms with Crippen LogP contribution in [0.4, 0.5) is 5.69 Å². The average molecular weight is 443 g/mol. The van der Waals surface area contributed by atoms with Crippen molar-refractivity contribution in [3.63, 3.8) is 0 Å². The summed E-state index contributed by atoms with van der Waals surface area (Å²) in [5.41, 5.74) is 3.17. The number of carbonyl (C=O) groups is 1. The third-order valence-corrected chi connectivity index (χ3v) is 6.64. The first-order valence-corrected chi connectivity index (χ1v) is 10.8. The first-order valence-electron chi connectivity index (χ1n) is 7.74. The number of rotatable bonds is 3. The van der Waals surface area contributed by atoms with Gasteiger partial charge in [-0.05, 0) is 54.8 Å². The molecule has 7 heteroatoms. The van der Waals surface area contributed by atoms with Gasteiger partial charge < -0.3 is 4.90 Å². The number of Topliss-reactive ketones (excluding diaryl/α,β-unsaturated/α-hetero) is 1. The Morgan fingerprint density at radius 3 is 2.56 bits per heavy atom. The second-order valence-corrected chi connectivity index (χ2v) is 9.41. The molecule has 1 aliphatic heterocycles. The van der Waals surface area contributed by atoms with Crippen LogP contribution in [0.3, 0.4) is 0 Å². The molecule has 1 aliphatic rings. The van der Waals surface area contributed by atoms with Crippen LogP contribution in [0.2, 0.25) is 5.02 Å². The molecule has 0 aliphatic carbocycles. The van der Waals surface area contributed by atoms with Gasteiger partial charge in [-0.25, -0.2) is 8.42 Å². The maximum atomic E-state index is 12.2. The van der Waals surface area contributed by atoms with Crippen molar-refractivity contribution in [1.29, 1.82) is 0 Å². The van der Waals surface area contributed by atoms with Crippen molar-refractivity contribution < 1.29 is 13.2 Å². The summed E-state index contributed by atoms with van der Waals surface area (Å²) in [4.78, 5) is 13.9. The van der Waals surface area contributed by atoms with Crippen LogP contribution in [-0.2, 0) is 22.8 Å². The number of hydrogen-bond donors (Lipinski definition) is 0. The molecule has 0 spiro atoms. The summed E-state index contributed by atoms with van der Waals surface area (Å²) < 4.78 is 25.4. The normalized spacial score (nSPS) is 14.3. The minimum absolute atomic E-state index is 0.0977. The first-order chi connectivity index (χ1) is 11.7. The minimum atomic E-state index is -3.42. The summed E-state index contributed by atoms with van der Waals surface area (Å²) in [6.07, 6.45) is 1.92. The Kier molecular flexibility index (Phi) is 4.97. The summed E-state index contributed by atoms with van der Waals surface area (Å²) in [6.45, 7) is 2.62. The fourth-order valence-corrected chi connectivity index (χ4v) is 4.79. The van der Waals surface area contributed by atoms with Gasteiger partial charge in [0.05, 0.1) is 10.6 Å². The minimum Gasteiger partial charge on any atom is -0.366 e. The van der Waals surface area contributed by atoms with Gasteiger partial charge in [-0.2, -0.15) is 0 Å². The van der Waals surface area contributed by atoms with Gasteiger partial charge in [0.15, 0.2) is 15.6 Å². The largest absolute Gasteiger partial charge is 0.366 e. The molecule has 0 saturated carbocycles. The van der Waals surface area contributed by atoms with E-state index in [4.69, 9.17) is 11.6 Å². The van der Waals surface area contributed by atoms with Crippen LogP contribution < -0.4 is 4.90 Å². The Balaban J connectivity index is 2.12. The summed E-state index contributed by atoms with van der Waals surface area (Å²) >= 11 is 9.91. The zero-order valence-corrected chi connectivity index (χ0v) is 17.0. The van der Waals surface area contributed by atoms with Crippen molar-refractivity contribution in [3.8, 4) is 0 Å². The molecule has 132 valence electrons. The molecule has 0 fully saturated rings. The maximum absolute atomic E-state index is 12.2. The van der Waals surface area contributed by atoms with E-state index in [1.54, 1.807) is 12.1 Å². The first kappa shape index (κ1) is 18.4. The molecule has 0 amide bonds. The Hall–Kier alpha value is -1.37. The second-order valence-electron chi connectivity index (χ2n) is 6.17. The molecule has 0 unspecified atom stereocenters. The van der Waals surface area contributed by atoms with E-state index in [2.05, 4.69) is 15.9 Å². The van der Waals surface area contributed by atoms with Gasteiger partial charge in [0.2, 0.25) is 0 Å². The van der Waals surface area contributed by atoms with Crippen LogP contribution in [0, 0.1) is 0 Å². The molecule has 25 heavy (non-hydrogen) atoms. The highest BCUT2D eigenvalue weighted by Gasteiger charge is 2.25. The second kappa shape index (κ2) is 6.74. The van der Waals surface area contributed by atoms with Crippen molar-refractivity contribution in [2.75, 3.05) is 17.7 Å². The molecule has 0 radical (unpaired) electrons. The number of fused-ring (bicyclic) bond motifs is 1. The fourth-order valence-electron chi connectivity index (χ4n) is 3.10. The third kappa shape index (κ3) is 3.61. The summed E-state index contributed by atoms with van der Waals surface area (Å²) in [5, 5.41) is 0.659. The lowest BCUT2D eigenvalue weighted by atomic mass is 9.99. The highest BCUT2D eigenvalue weighted by atomic mass is 79.9. The van der Waals surface area contributed by atoms with Crippen LogP contribution in [0.25, 0.3) is 0 Å². The van der Waals surface area contributed by atoms with Crippen molar-refractivity contribution in [2.45, 2.75) is 24.8 Å². The fraction of sp³-hybridized carbons (Fsp3) is 0.278. The van der Waals surface area contributed by atoms with Crippen LogP contribution in [0.15, 0.2) is 39.7 Å². The lowest BCUT2D eigenvalue weighted by Crippen LogP contribution is -2.32. The number of carbonyl (C=O) groups excluding carboxylic acids is 1. The van der Waals surface area contributed by atoms with Gasteiger partial charge in [-0.3, -0.25) is 4.79 Å². The van der Waals surface area contributed by atoms with Gasteiger partial charge >= 0.3 is 0 Å². The molecule has 0 atom stereocenters. The highest BCUT2D eigenvalue weighted by molar-refractivity contribution is 9.10. The predicted molar refractivity (Wildman–Crippen MR) is 103 cm³/mol. The zero-order chi connectivity index (χ0) is 18.4. The van der Waals surface area contributed by atoms with E-state index in [1.807, 2.05) is 17.0 Å². The van der Waals surface area contributed by atoms with Gasteiger partial charge in [-0.15, -0.1) is 0 Å². The molecular weight excluding hydrogens is 426 g/mol. The van der Waals surface area contributed by atoms with Gasteiger partial charge in [0, 0.05) is 34.4 Å². The Morgan fingerprint density at radius 2 is 1.92 bits per heavy atom. The Bertz CT molecular complexity index is 973. The van der Waals surface area contributed by atoms with Crippen LogP contribution in [0.5, 0.6) is 0 Å². The molecule has 3 rings (SSSR count). The van der Waals surface area contributed by atoms with Gasteiger partial charge in [-0.1, -0.05) is 27.5 Å². The highest BCUT2D eigenvalue weighted by Crippen LogP contribution is 2.36. The van der Waals surface area contributed by atoms with Crippen molar-refractivity contribution in [1.82, 2.24) is 0 Å². The molecule has 0 saturated heterocycles. The molecule has 0 aromatic heterocycles. The van der Waals surface area contributed by atoms with E-state index in [0.717, 1.165) is 22.0 Å². The number of hydrogen-bond acceptors (Lipinski definition) is 4. The number of benzene rings is 2. The number of anilines is 1. The van der Waals surface area contributed by atoms with Crippen molar-refractivity contribution in [2.24, 2.45) is 0 Å². The Morgan fingerprint density at radius 1 is 1.20 bits per heavy atom. The van der Waals surface area contributed by atoms with Crippen molar-refractivity contribution in [3.05, 3.63) is 56.5 Å². The molecule has 4 nitrogen and oxygen atoms in total. The SMILES string of the molecule is CC(=O)c1ccc(S(C)(=O)=O)c(N2CCc3c(Br)ccc(Cl)c3C2)c1. The Labute approximate surface area is 160 Å². The summed E-state index contributed by atoms with van der Waals surface area (Å²) in [7, 11) is -3.42. The standard InChI is InChI=1S/C18H17BrClNO3S/c1-11(22)12-3-6-18(25(2,23)24)17(9-12)21-8-7-13-14(10-21)16(20)5-4-15(13)19/h3-6,9H,7-8,10H2,1-2H3. The average Bonchev–Trinajstić information content (AvgIpc) is 2.56. The molecular formula is C18H17BrClNO3S. The molecule has 0 bridgehead atoms. The lowest BCUT2D eigenvalue weighted by Gasteiger charge is -2.33. The van der Waals surface area contributed by atoms with Crippen LogP contribution in [-0.4, -0.2) is 27.0 Å². The quantitative estimate of drug-likeness (QED) is 0.666. The summed E-state index contributed by atoms with van der Waals surface area (Å²) in [5.74, 6) is -0.0977. The maximum Gasteiger partial charge on any atom is 0.177 e. The van der Waals surface area contributed by atoms with E-state index in [0.29, 0.717) is 29.4 Å². The number of sulfone groups is 1. The monoisotopic (exact) mass is 441 g/mol. The zero-order valence-electron chi connectivity index (χ0n) is 13.8. The van der Waals surface area contributed by atoms with E-state index in [1.165, 1.54) is 19.2 Å². The summed E-state index contributed by atoms with van der Waals surface area (Å²) in [6, 6.07) is 8.49. The van der Waals surface area contributed by atoms with Gasteiger partial charge in [0.25, 0.3) is 0 Å². The molecule has 1 heterocycles. The van der Waals surface area contributed by atoms with E-state index in [-0.39, 0.29) is 10.7 Å². The lowest BCUT2D eigenvalue weighted by molar-refractivity contribution is 0.101. The van der Waals surface area contributed by atoms with E-state index in [9.17, 15) is 13.2 Å². The topological polar surface area (TPSA) is 54.5 Å². The molecule has 2 aromatic carbocycles. The number of ketones is 1. The predicted octanol–water partition coefficient (Wildman–Crippen LogP) is 4.27. The smallest absolute Gasteiger partial charge is 0.177 e. The van der Waals surface area contributed by atoms with Gasteiger partial charge in [0.1, 0.15) is 0 Å².